The lowest BCUT2D eigenvalue weighted by Crippen LogP contribution is -2.21. The second kappa shape index (κ2) is 6.19. The van der Waals surface area contributed by atoms with E-state index < -0.39 is 0 Å². The maximum Gasteiger partial charge on any atom is 0.0185 e. The zero-order valence-electron chi connectivity index (χ0n) is 9.92. The van der Waals surface area contributed by atoms with Crippen molar-refractivity contribution in [3.05, 3.63) is 34.9 Å². The van der Waals surface area contributed by atoms with Crippen molar-refractivity contribution in [2.24, 2.45) is 5.73 Å². The highest BCUT2D eigenvalue weighted by Crippen LogP contribution is 2.16. The molecule has 0 aliphatic rings. The summed E-state index contributed by atoms with van der Waals surface area (Å²) in [5.41, 5.74) is 10.0. The number of benzene rings is 1. The lowest BCUT2D eigenvalue weighted by atomic mass is 10.1. The molecule has 1 unspecified atom stereocenters. The second-order valence-electron chi connectivity index (χ2n) is 4.10. The summed E-state index contributed by atoms with van der Waals surface area (Å²) in [6.07, 6.45) is 1.07. The Labute approximate surface area is 97.4 Å². The number of aryl methyl sites for hydroxylation is 2. The summed E-state index contributed by atoms with van der Waals surface area (Å²) < 4.78 is 0. The fraction of sp³-hybridized carbons (Fsp3) is 0.538. The number of thioether (sulfide) groups is 1. The first-order chi connectivity index (χ1) is 7.13. The normalized spacial score (nSPS) is 12.8. The fourth-order valence-electron chi connectivity index (χ4n) is 1.34. The Morgan fingerprint density at radius 1 is 1.27 bits per heavy atom. The molecule has 0 aromatic heterocycles. The number of rotatable bonds is 5. The zero-order valence-corrected chi connectivity index (χ0v) is 10.7. The topological polar surface area (TPSA) is 26.0 Å². The molecule has 0 bridgehead atoms. The smallest absolute Gasteiger partial charge is 0.0185 e. The van der Waals surface area contributed by atoms with Crippen molar-refractivity contribution in [1.29, 1.82) is 0 Å². The molecule has 2 N–H and O–H groups in total. The van der Waals surface area contributed by atoms with Gasteiger partial charge >= 0.3 is 0 Å². The van der Waals surface area contributed by atoms with Gasteiger partial charge in [0.25, 0.3) is 0 Å². The molecule has 1 aromatic carbocycles. The predicted molar refractivity (Wildman–Crippen MR) is 70.3 cm³/mol. The van der Waals surface area contributed by atoms with Gasteiger partial charge in [-0.3, -0.25) is 0 Å². The van der Waals surface area contributed by atoms with Gasteiger partial charge in [-0.1, -0.05) is 25.1 Å². The predicted octanol–water partition coefficient (Wildman–Crippen LogP) is 3.27. The first kappa shape index (κ1) is 12.6. The average Bonchev–Trinajstić information content (AvgIpc) is 2.23. The van der Waals surface area contributed by atoms with Gasteiger partial charge < -0.3 is 5.73 Å². The third-order valence-corrected chi connectivity index (χ3v) is 3.90. The maximum atomic E-state index is 5.87. The van der Waals surface area contributed by atoms with Gasteiger partial charge in [0.15, 0.2) is 0 Å². The van der Waals surface area contributed by atoms with Crippen LogP contribution in [0, 0.1) is 13.8 Å². The summed E-state index contributed by atoms with van der Waals surface area (Å²) in [7, 11) is 0. The van der Waals surface area contributed by atoms with E-state index in [1.54, 1.807) is 0 Å². The van der Waals surface area contributed by atoms with Crippen LogP contribution in [0.3, 0.4) is 0 Å². The first-order valence-corrected chi connectivity index (χ1v) is 6.68. The molecule has 2 heteroatoms. The standard InChI is InChI=1S/C13H21NS/c1-4-13(14)9-15-8-12-6-5-10(2)11(3)7-12/h5-7,13H,4,8-9,14H2,1-3H3. The van der Waals surface area contributed by atoms with Crippen LogP contribution in [0.4, 0.5) is 0 Å². The lowest BCUT2D eigenvalue weighted by Gasteiger charge is -2.09. The molecular weight excluding hydrogens is 202 g/mol. The van der Waals surface area contributed by atoms with E-state index in [-0.39, 0.29) is 0 Å². The summed E-state index contributed by atoms with van der Waals surface area (Å²) in [4.78, 5) is 0. The van der Waals surface area contributed by atoms with Crippen LogP contribution in [0.1, 0.15) is 30.0 Å². The molecule has 0 saturated carbocycles. The summed E-state index contributed by atoms with van der Waals surface area (Å²) >= 11 is 1.93. The third kappa shape index (κ3) is 4.27. The van der Waals surface area contributed by atoms with E-state index in [2.05, 4.69) is 39.0 Å². The minimum Gasteiger partial charge on any atom is -0.327 e. The van der Waals surface area contributed by atoms with Crippen molar-refractivity contribution < 1.29 is 0 Å². The molecule has 0 aliphatic carbocycles. The first-order valence-electron chi connectivity index (χ1n) is 5.53. The van der Waals surface area contributed by atoms with E-state index >= 15 is 0 Å². The van der Waals surface area contributed by atoms with Crippen LogP contribution in [-0.4, -0.2) is 11.8 Å². The van der Waals surface area contributed by atoms with Crippen LogP contribution in [0.2, 0.25) is 0 Å². The highest BCUT2D eigenvalue weighted by Gasteiger charge is 2.00. The van der Waals surface area contributed by atoms with Crippen molar-refractivity contribution in [3.63, 3.8) is 0 Å². The number of hydrogen-bond donors (Lipinski definition) is 1. The highest BCUT2D eigenvalue weighted by atomic mass is 32.2. The Kier molecular flexibility index (Phi) is 5.20. The molecule has 0 radical (unpaired) electrons. The van der Waals surface area contributed by atoms with Crippen LogP contribution < -0.4 is 5.73 Å². The molecule has 1 nitrogen and oxygen atoms in total. The molecule has 1 aromatic rings. The van der Waals surface area contributed by atoms with Gasteiger partial charge in [-0.25, -0.2) is 0 Å². The molecule has 15 heavy (non-hydrogen) atoms. The van der Waals surface area contributed by atoms with Gasteiger partial charge in [0, 0.05) is 17.5 Å². The summed E-state index contributed by atoms with van der Waals surface area (Å²) in [5.74, 6) is 2.14. The van der Waals surface area contributed by atoms with Gasteiger partial charge in [-0.15, -0.1) is 0 Å². The van der Waals surface area contributed by atoms with Crippen molar-refractivity contribution in [2.75, 3.05) is 5.75 Å². The summed E-state index contributed by atoms with van der Waals surface area (Å²) in [5, 5.41) is 0. The molecule has 0 spiro atoms. The van der Waals surface area contributed by atoms with Gasteiger partial charge in [-0.05, 0) is 37.0 Å². The fourth-order valence-corrected chi connectivity index (χ4v) is 2.41. The third-order valence-electron chi connectivity index (χ3n) is 2.70. The quantitative estimate of drug-likeness (QED) is 0.829. The van der Waals surface area contributed by atoms with Crippen LogP contribution >= 0.6 is 11.8 Å². The van der Waals surface area contributed by atoms with Crippen molar-refractivity contribution in [3.8, 4) is 0 Å². The van der Waals surface area contributed by atoms with Crippen molar-refractivity contribution >= 4 is 11.8 Å². The zero-order chi connectivity index (χ0) is 11.3. The molecule has 0 saturated heterocycles. The molecule has 84 valence electrons. The van der Waals surface area contributed by atoms with E-state index in [1.807, 2.05) is 11.8 Å². The summed E-state index contributed by atoms with van der Waals surface area (Å²) in [6, 6.07) is 7.04. The Hall–Kier alpha value is -0.470. The van der Waals surface area contributed by atoms with Crippen LogP contribution in [0.5, 0.6) is 0 Å². The highest BCUT2D eigenvalue weighted by molar-refractivity contribution is 7.98. The van der Waals surface area contributed by atoms with E-state index in [9.17, 15) is 0 Å². The SMILES string of the molecule is CCC(N)CSCc1ccc(C)c(C)c1. The van der Waals surface area contributed by atoms with Crippen molar-refractivity contribution in [1.82, 2.24) is 0 Å². The minimum absolute atomic E-state index is 0.349. The summed E-state index contributed by atoms with van der Waals surface area (Å²) in [6.45, 7) is 6.46. The van der Waals surface area contributed by atoms with Crippen LogP contribution in [-0.2, 0) is 5.75 Å². The Morgan fingerprint density at radius 3 is 2.60 bits per heavy atom. The van der Waals surface area contributed by atoms with Crippen LogP contribution in [0.25, 0.3) is 0 Å². The largest absolute Gasteiger partial charge is 0.327 e. The monoisotopic (exact) mass is 223 g/mol. The molecule has 0 amide bonds. The molecule has 1 atom stereocenters. The molecular formula is C13H21NS. The second-order valence-corrected chi connectivity index (χ2v) is 5.13. The number of hydrogen-bond acceptors (Lipinski definition) is 2. The average molecular weight is 223 g/mol. The minimum atomic E-state index is 0.349. The van der Waals surface area contributed by atoms with E-state index in [0.29, 0.717) is 6.04 Å². The van der Waals surface area contributed by atoms with Gasteiger partial charge in [-0.2, -0.15) is 11.8 Å². The van der Waals surface area contributed by atoms with Gasteiger partial charge in [0.05, 0.1) is 0 Å². The molecule has 0 heterocycles. The van der Waals surface area contributed by atoms with Gasteiger partial charge in [0.1, 0.15) is 0 Å². The van der Waals surface area contributed by atoms with E-state index in [0.717, 1.165) is 17.9 Å². The maximum absolute atomic E-state index is 5.87. The lowest BCUT2D eigenvalue weighted by molar-refractivity contribution is 0.725. The number of nitrogens with two attached hydrogens (primary N) is 1. The van der Waals surface area contributed by atoms with Crippen molar-refractivity contribution in [2.45, 2.75) is 39.0 Å². The molecule has 0 aliphatic heterocycles. The Bertz CT molecular complexity index is 309. The van der Waals surface area contributed by atoms with Gasteiger partial charge in [0.2, 0.25) is 0 Å². The van der Waals surface area contributed by atoms with Crippen LogP contribution in [0.15, 0.2) is 18.2 Å². The molecule has 1 rings (SSSR count). The van der Waals surface area contributed by atoms with E-state index in [1.165, 1.54) is 16.7 Å². The Morgan fingerprint density at radius 2 is 2.00 bits per heavy atom. The molecule has 0 fully saturated rings. The van der Waals surface area contributed by atoms with E-state index in [4.69, 9.17) is 5.73 Å². The Balaban J connectivity index is 2.41.